The van der Waals surface area contributed by atoms with Crippen molar-refractivity contribution in [2.45, 2.75) is 26.3 Å². The third kappa shape index (κ3) is 7.66. The van der Waals surface area contributed by atoms with Gasteiger partial charge in [0.1, 0.15) is 12.9 Å². The van der Waals surface area contributed by atoms with Crippen molar-refractivity contribution in [3.8, 4) is 0 Å². The minimum Gasteiger partial charge on any atom is -0.466 e. The van der Waals surface area contributed by atoms with E-state index in [0.29, 0.717) is 13.0 Å². The highest BCUT2D eigenvalue weighted by atomic mass is 16.5. The lowest BCUT2D eigenvalue weighted by molar-refractivity contribution is -0.143. The number of nitrogens with zero attached hydrogens (tertiary/aromatic N) is 4. The zero-order valence-corrected chi connectivity index (χ0v) is 16.4. The van der Waals surface area contributed by atoms with Crippen molar-refractivity contribution in [2.24, 2.45) is 0 Å². The van der Waals surface area contributed by atoms with Gasteiger partial charge in [-0.15, -0.1) is 5.10 Å². The Labute approximate surface area is 171 Å². The predicted octanol–water partition coefficient (Wildman–Crippen LogP) is -0.0719. The summed E-state index contributed by atoms with van der Waals surface area (Å²) in [6.07, 6.45) is 1.88. The van der Waals surface area contributed by atoms with E-state index in [-0.39, 0.29) is 36.7 Å². The van der Waals surface area contributed by atoms with Gasteiger partial charge in [-0.2, -0.15) is 0 Å². The molecular formula is C18H22N6O6. The monoisotopic (exact) mass is 418 g/mol. The number of hydrogen-bond donors (Lipinski definition) is 2. The van der Waals surface area contributed by atoms with Gasteiger partial charge in [0.2, 0.25) is 5.91 Å². The van der Waals surface area contributed by atoms with E-state index in [1.807, 2.05) is 0 Å². The summed E-state index contributed by atoms with van der Waals surface area (Å²) in [6, 6.07) is 6.23. The van der Waals surface area contributed by atoms with Crippen LogP contribution < -0.4 is 10.6 Å². The molecule has 0 spiro atoms. The fraction of sp³-hybridized carbons (Fsp3) is 0.389. The minimum absolute atomic E-state index is 0.0951. The number of nitrogens with one attached hydrogen (secondary N) is 2. The SMILES string of the molecule is CCOC(=O)CCCNC(=O)COC(=O)c1ccccc1NC(=O)Cn1cnnn1. The summed E-state index contributed by atoms with van der Waals surface area (Å²) in [7, 11) is 0. The van der Waals surface area contributed by atoms with Gasteiger partial charge in [-0.25, -0.2) is 9.48 Å². The molecule has 0 aliphatic carbocycles. The number of anilines is 1. The molecule has 2 amide bonds. The number of benzene rings is 1. The van der Waals surface area contributed by atoms with Crippen LogP contribution in [0.1, 0.15) is 30.1 Å². The number of carbonyl (C=O) groups is 4. The van der Waals surface area contributed by atoms with Crippen LogP contribution in [0.3, 0.4) is 0 Å². The quantitative estimate of drug-likeness (QED) is 0.377. The Hall–Kier alpha value is -3.83. The number of para-hydroxylation sites is 1. The molecule has 1 aromatic carbocycles. The number of esters is 2. The van der Waals surface area contributed by atoms with E-state index >= 15 is 0 Å². The minimum atomic E-state index is -0.769. The fourth-order valence-corrected chi connectivity index (χ4v) is 2.31. The van der Waals surface area contributed by atoms with Crippen molar-refractivity contribution < 1.29 is 28.7 Å². The van der Waals surface area contributed by atoms with E-state index in [4.69, 9.17) is 9.47 Å². The molecule has 0 bridgehead atoms. The Morgan fingerprint density at radius 2 is 1.90 bits per heavy atom. The zero-order chi connectivity index (χ0) is 21.8. The normalized spacial score (nSPS) is 10.2. The van der Waals surface area contributed by atoms with E-state index in [0.717, 1.165) is 0 Å². The largest absolute Gasteiger partial charge is 0.466 e. The van der Waals surface area contributed by atoms with E-state index in [1.165, 1.54) is 23.1 Å². The lowest BCUT2D eigenvalue weighted by atomic mass is 10.2. The van der Waals surface area contributed by atoms with Crippen LogP contribution >= 0.6 is 0 Å². The van der Waals surface area contributed by atoms with Crippen LogP contribution in [-0.4, -0.2) is 63.7 Å². The standard InChI is InChI=1S/C18H22N6O6/c1-2-29-17(27)8-5-9-19-16(26)11-30-18(28)13-6-3-4-7-14(13)21-15(25)10-24-12-20-22-23-24/h3-4,6-7,12H,2,5,8-11H2,1H3,(H,19,26)(H,21,25). The van der Waals surface area contributed by atoms with Gasteiger partial charge in [0.15, 0.2) is 6.61 Å². The van der Waals surface area contributed by atoms with Crippen molar-refractivity contribution >= 4 is 29.4 Å². The lowest BCUT2D eigenvalue weighted by Gasteiger charge is -2.11. The Balaban J connectivity index is 1.79. The lowest BCUT2D eigenvalue weighted by Crippen LogP contribution is -2.30. The highest BCUT2D eigenvalue weighted by molar-refractivity contribution is 6.01. The summed E-state index contributed by atoms with van der Waals surface area (Å²) in [4.78, 5) is 47.4. The number of aromatic nitrogens is 4. The third-order valence-electron chi connectivity index (χ3n) is 3.64. The molecule has 0 saturated heterocycles. The van der Waals surface area contributed by atoms with Gasteiger partial charge in [0, 0.05) is 13.0 Å². The molecule has 1 aromatic heterocycles. The molecular weight excluding hydrogens is 396 g/mol. The van der Waals surface area contributed by atoms with Crippen molar-refractivity contribution in [2.75, 3.05) is 25.1 Å². The summed E-state index contributed by atoms with van der Waals surface area (Å²) in [6.45, 7) is 1.64. The summed E-state index contributed by atoms with van der Waals surface area (Å²) < 4.78 is 11.0. The number of tetrazole rings is 1. The molecule has 0 radical (unpaired) electrons. The van der Waals surface area contributed by atoms with Gasteiger partial charge in [-0.1, -0.05) is 12.1 Å². The van der Waals surface area contributed by atoms with Gasteiger partial charge in [0.05, 0.1) is 17.9 Å². The van der Waals surface area contributed by atoms with Crippen LogP contribution in [0, 0.1) is 0 Å². The summed E-state index contributed by atoms with van der Waals surface area (Å²) in [5, 5.41) is 15.6. The smallest absolute Gasteiger partial charge is 0.340 e. The molecule has 12 nitrogen and oxygen atoms in total. The molecule has 1 heterocycles. The average molecular weight is 418 g/mol. The number of rotatable bonds is 11. The highest BCUT2D eigenvalue weighted by Gasteiger charge is 2.16. The molecule has 0 saturated carbocycles. The average Bonchev–Trinajstić information content (AvgIpc) is 3.23. The molecule has 30 heavy (non-hydrogen) atoms. The highest BCUT2D eigenvalue weighted by Crippen LogP contribution is 2.16. The summed E-state index contributed by atoms with van der Waals surface area (Å²) in [5.41, 5.74) is 0.327. The number of hydrogen-bond acceptors (Lipinski definition) is 9. The first-order chi connectivity index (χ1) is 14.5. The maximum absolute atomic E-state index is 12.3. The van der Waals surface area contributed by atoms with E-state index in [9.17, 15) is 19.2 Å². The molecule has 0 unspecified atom stereocenters. The van der Waals surface area contributed by atoms with Crippen molar-refractivity contribution in [3.05, 3.63) is 36.2 Å². The molecule has 2 N–H and O–H groups in total. The summed E-state index contributed by atoms with van der Waals surface area (Å²) in [5.74, 6) is -2.05. The first kappa shape index (κ1) is 22.5. The molecule has 2 aromatic rings. The van der Waals surface area contributed by atoms with Gasteiger partial charge >= 0.3 is 11.9 Å². The summed E-state index contributed by atoms with van der Waals surface area (Å²) >= 11 is 0. The molecule has 0 aliphatic rings. The second-order valence-electron chi connectivity index (χ2n) is 5.94. The number of amides is 2. The Morgan fingerprint density at radius 1 is 1.10 bits per heavy atom. The van der Waals surface area contributed by atoms with Crippen LogP contribution in [0.4, 0.5) is 5.69 Å². The first-order valence-electron chi connectivity index (χ1n) is 9.18. The molecule has 160 valence electrons. The fourth-order valence-electron chi connectivity index (χ4n) is 2.31. The Bertz CT molecular complexity index is 870. The molecule has 0 fully saturated rings. The predicted molar refractivity (Wildman–Crippen MR) is 102 cm³/mol. The van der Waals surface area contributed by atoms with Gasteiger partial charge < -0.3 is 20.1 Å². The second kappa shape index (κ2) is 11.9. The third-order valence-corrected chi connectivity index (χ3v) is 3.64. The Morgan fingerprint density at radius 3 is 2.63 bits per heavy atom. The van der Waals surface area contributed by atoms with Gasteiger partial charge in [-0.3, -0.25) is 14.4 Å². The molecule has 2 rings (SSSR count). The van der Waals surface area contributed by atoms with Crippen LogP contribution in [-0.2, 0) is 30.4 Å². The Kier molecular flexibility index (Phi) is 8.90. The van der Waals surface area contributed by atoms with Crippen LogP contribution in [0.2, 0.25) is 0 Å². The molecule has 0 aliphatic heterocycles. The van der Waals surface area contributed by atoms with E-state index < -0.39 is 24.4 Å². The van der Waals surface area contributed by atoms with Crippen molar-refractivity contribution in [1.29, 1.82) is 0 Å². The maximum Gasteiger partial charge on any atom is 0.340 e. The van der Waals surface area contributed by atoms with Crippen molar-refractivity contribution in [1.82, 2.24) is 25.5 Å². The number of carbonyl (C=O) groups excluding carboxylic acids is 4. The van der Waals surface area contributed by atoms with E-state index in [1.54, 1.807) is 19.1 Å². The number of ether oxygens (including phenoxy) is 2. The molecule has 0 atom stereocenters. The zero-order valence-electron chi connectivity index (χ0n) is 16.4. The van der Waals surface area contributed by atoms with Crippen molar-refractivity contribution in [3.63, 3.8) is 0 Å². The van der Waals surface area contributed by atoms with Crippen LogP contribution in [0.25, 0.3) is 0 Å². The van der Waals surface area contributed by atoms with Crippen LogP contribution in [0.5, 0.6) is 0 Å². The molecule has 12 heteroatoms. The topological polar surface area (TPSA) is 154 Å². The maximum atomic E-state index is 12.3. The van der Waals surface area contributed by atoms with Crippen LogP contribution in [0.15, 0.2) is 30.6 Å². The first-order valence-corrected chi connectivity index (χ1v) is 9.18. The second-order valence-corrected chi connectivity index (χ2v) is 5.94. The van der Waals surface area contributed by atoms with Gasteiger partial charge in [-0.05, 0) is 35.9 Å². The van der Waals surface area contributed by atoms with E-state index in [2.05, 4.69) is 26.2 Å². The van der Waals surface area contributed by atoms with Gasteiger partial charge in [0.25, 0.3) is 5.91 Å².